The van der Waals surface area contributed by atoms with Crippen LogP contribution < -0.4 is 0 Å². The molecule has 0 atom stereocenters. The van der Waals surface area contributed by atoms with E-state index >= 15 is 0 Å². The molecule has 0 aliphatic carbocycles. The number of nitrogens with zero attached hydrogens (tertiary/aromatic N) is 5. The van der Waals surface area contributed by atoms with Crippen molar-refractivity contribution in [1.82, 2.24) is 24.6 Å². The van der Waals surface area contributed by atoms with E-state index in [1.54, 1.807) is 48.4 Å². The number of unbranched alkanes of at least 4 members (excludes halogenated alkanes) is 1. The molecule has 0 saturated carbocycles. The molecule has 0 saturated heterocycles. The molecule has 1 aliphatic rings. The average Bonchev–Trinajstić information content (AvgIpc) is 3.39. The fourth-order valence-corrected chi connectivity index (χ4v) is 5.00. The van der Waals surface area contributed by atoms with Crippen LogP contribution in [0, 0.1) is 6.92 Å². The third-order valence-electron chi connectivity index (χ3n) is 5.81. The van der Waals surface area contributed by atoms with Crippen molar-refractivity contribution in [3.63, 3.8) is 0 Å². The van der Waals surface area contributed by atoms with E-state index in [4.69, 9.17) is 0 Å². The number of pyridine rings is 1. The zero-order valence-corrected chi connectivity index (χ0v) is 19.5. The van der Waals surface area contributed by atoms with Gasteiger partial charge in [-0.3, -0.25) is 24.0 Å². The van der Waals surface area contributed by atoms with Crippen molar-refractivity contribution in [3.05, 3.63) is 89.7 Å². The second-order valence-corrected chi connectivity index (χ2v) is 9.09. The standard InChI is InChI=1S/C26H23N5O2S/c1-18-8-2-5-11-22(18)31-23(19-12-14-27-15-13-19)28-29-26(31)34-17-7-6-16-30-24(32)20-9-3-4-10-21(20)25(30)33/h2-5,8-15H,6-7,16-17H2,1H3. The Bertz CT molecular complexity index is 1320. The molecule has 5 rings (SSSR count). The quantitative estimate of drug-likeness (QED) is 0.209. The molecule has 0 fully saturated rings. The molecule has 2 aromatic carbocycles. The van der Waals surface area contributed by atoms with Gasteiger partial charge in [0, 0.05) is 30.3 Å². The number of aromatic nitrogens is 4. The van der Waals surface area contributed by atoms with Crippen molar-refractivity contribution >= 4 is 23.6 Å². The van der Waals surface area contributed by atoms with Crippen molar-refractivity contribution in [1.29, 1.82) is 0 Å². The summed E-state index contributed by atoms with van der Waals surface area (Å²) in [4.78, 5) is 30.5. The molecule has 170 valence electrons. The highest BCUT2D eigenvalue weighted by atomic mass is 32.2. The van der Waals surface area contributed by atoms with Gasteiger partial charge in [-0.15, -0.1) is 10.2 Å². The van der Waals surface area contributed by atoms with Crippen LogP contribution >= 0.6 is 11.8 Å². The van der Waals surface area contributed by atoms with Gasteiger partial charge in [-0.1, -0.05) is 42.1 Å². The van der Waals surface area contributed by atoms with Crippen LogP contribution in [0.2, 0.25) is 0 Å². The Balaban J connectivity index is 1.27. The van der Waals surface area contributed by atoms with Gasteiger partial charge in [0.15, 0.2) is 11.0 Å². The van der Waals surface area contributed by atoms with Crippen molar-refractivity contribution in [2.75, 3.05) is 12.3 Å². The first-order valence-electron chi connectivity index (χ1n) is 11.1. The van der Waals surface area contributed by atoms with Gasteiger partial charge in [-0.25, -0.2) is 0 Å². The van der Waals surface area contributed by atoms with Gasteiger partial charge in [-0.05, 0) is 55.7 Å². The van der Waals surface area contributed by atoms with Crippen LogP contribution in [0.5, 0.6) is 0 Å². The topological polar surface area (TPSA) is 81.0 Å². The highest BCUT2D eigenvalue weighted by Gasteiger charge is 2.34. The summed E-state index contributed by atoms with van der Waals surface area (Å²) in [6, 6.07) is 19.0. The SMILES string of the molecule is Cc1ccccc1-n1c(SCCCCN2C(=O)c3ccccc3C2=O)nnc1-c1ccncc1. The minimum Gasteiger partial charge on any atom is -0.274 e. The molecule has 34 heavy (non-hydrogen) atoms. The number of thioether (sulfide) groups is 1. The summed E-state index contributed by atoms with van der Waals surface area (Å²) in [6.45, 7) is 2.49. The lowest BCUT2D eigenvalue weighted by atomic mass is 10.1. The van der Waals surface area contributed by atoms with E-state index in [1.165, 1.54) is 4.90 Å². The Morgan fingerprint density at radius 2 is 1.50 bits per heavy atom. The first-order chi connectivity index (χ1) is 16.6. The van der Waals surface area contributed by atoms with E-state index < -0.39 is 0 Å². The molecule has 4 aromatic rings. The van der Waals surface area contributed by atoms with Crippen molar-refractivity contribution in [2.24, 2.45) is 0 Å². The van der Waals surface area contributed by atoms with E-state index in [2.05, 4.69) is 38.8 Å². The molecule has 0 N–H and O–H groups in total. The van der Waals surface area contributed by atoms with E-state index in [-0.39, 0.29) is 11.8 Å². The third-order valence-corrected chi connectivity index (χ3v) is 6.83. The van der Waals surface area contributed by atoms with Crippen LogP contribution in [-0.2, 0) is 0 Å². The van der Waals surface area contributed by atoms with Crippen LogP contribution in [0.15, 0.2) is 78.2 Å². The van der Waals surface area contributed by atoms with E-state index in [0.717, 1.165) is 46.4 Å². The Morgan fingerprint density at radius 1 is 0.824 bits per heavy atom. The van der Waals surface area contributed by atoms with Gasteiger partial charge < -0.3 is 0 Å². The van der Waals surface area contributed by atoms with Gasteiger partial charge in [0.05, 0.1) is 16.8 Å². The number of imide groups is 1. The summed E-state index contributed by atoms with van der Waals surface area (Å²) < 4.78 is 2.08. The minimum atomic E-state index is -0.199. The molecular weight excluding hydrogens is 446 g/mol. The maximum atomic E-state index is 12.5. The van der Waals surface area contributed by atoms with Crippen LogP contribution in [0.4, 0.5) is 0 Å². The molecule has 2 amide bonds. The summed E-state index contributed by atoms with van der Waals surface area (Å²) in [5.41, 5.74) is 4.11. The molecular formula is C26H23N5O2S. The second-order valence-electron chi connectivity index (χ2n) is 8.03. The van der Waals surface area contributed by atoms with E-state index in [9.17, 15) is 9.59 Å². The number of hydrogen-bond acceptors (Lipinski definition) is 6. The Hall–Kier alpha value is -3.78. The Morgan fingerprint density at radius 3 is 2.21 bits per heavy atom. The van der Waals surface area contributed by atoms with E-state index in [1.807, 2.05) is 24.3 Å². The lowest BCUT2D eigenvalue weighted by Crippen LogP contribution is -2.30. The van der Waals surface area contributed by atoms with Crippen LogP contribution in [0.1, 0.15) is 39.1 Å². The van der Waals surface area contributed by atoms with Gasteiger partial charge in [0.25, 0.3) is 11.8 Å². The third kappa shape index (κ3) is 4.12. The number of carbonyl (C=O) groups is 2. The number of benzene rings is 2. The zero-order valence-electron chi connectivity index (χ0n) is 18.7. The lowest BCUT2D eigenvalue weighted by Gasteiger charge is -2.14. The predicted molar refractivity (Wildman–Crippen MR) is 131 cm³/mol. The van der Waals surface area contributed by atoms with Crippen LogP contribution in [-0.4, -0.2) is 48.8 Å². The number of rotatable bonds is 8. The fraction of sp³-hybridized carbons (Fsp3) is 0.192. The number of fused-ring (bicyclic) bond motifs is 1. The zero-order chi connectivity index (χ0) is 23.5. The molecule has 0 bridgehead atoms. The first kappa shape index (κ1) is 22.0. The number of aryl methyl sites for hydroxylation is 1. The molecule has 2 aromatic heterocycles. The normalized spacial score (nSPS) is 12.9. The van der Waals surface area contributed by atoms with Gasteiger partial charge >= 0.3 is 0 Å². The predicted octanol–water partition coefficient (Wildman–Crippen LogP) is 4.81. The molecule has 3 heterocycles. The van der Waals surface area contributed by atoms with Gasteiger partial charge in [-0.2, -0.15) is 0 Å². The minimum absolute atomic E-state index is 0.199. The number of para-hydroxylation sites is 1. The van der Waals surface area contributed by atoms with Crippen molar-refractivity contribution < 1.29 is 9.59 Å². The summed E-state index contributed by atoms with van der Waals surface area (Å²) in [7, 11) is 0. The van der Waals surface area contributed by atoms with E-state index in [0.29, 0.717) is 17.7 Å². The Labute approximate surface area is 201 Å². The summed E-state index contributed by atoms with van der Waals surface area (Å²) >= 11 is 1.62. The van der Waals surface area contributed by atoms with Crippen LogP contribution in [0.3, 0.4) is 0 Å². The van der Waals surface area contributed by atoms with Gasteiger partial charge in [0.1, 0.15) is 0 Å². The molecule has 0 radical (unpaired) electrons. The summed E-state index contributed by atoms with van der Waals surface area (Å²) in [5, 5.41) is 9.76. The molecule has 0 spiro atoms. The highest BCUT2D eigenvalue weighted by Crippen LogP contribution is 2.30. The Kier molecular flexibility index (Phi) is 6.22. The summed E-state index contributed by atoms with van der Waals surface area (Å²) in [6.07, 6.45) is 5.06. The maximum absolute atomic E-state index is 12.5. The van der Waals surface area contributed by atoms with Crippen molar-refractivity contribution in [3.8, 4) is 17.1 Å². The highest BCUT2D eigenvalue weighted by molar-refractivity contribution is 7.99. The van der Waals surface area contributed by atoms with Crippen LogP contribution in [0.25, 0.3) is 17.1 Å². The fourth-order valence-electron chi connectivity index (χ4n) is 4.06. The molecule has 1 aliphatic heterocycles. The monoisotopic (exact) mass is 469 g/mol. The average molecular weight is 470 g/mol. The largest absolute Gasteiger partial charge is 0.274 e. The number of carbonyl (C=O) groups excluding carboxylic acids is 2. The first-order valence-corrected chi connectivity index (χ1v) is 12.1. The molecule has 0 unspecified atom stereocenters. The van der Waals surface area contributed by atoms with Gasteiger partial charge in [0.2, 0.25) is 0 Å². The lowest BCUT2D eigenvalue weighted by molar-refractivity contribution is 0.0652. The maximum Gasteiger partial charge on any atom is 0.261 e. The number of hydrogen-bond donors (Lipinski definition) is 0. The molecule has 8 heteroatoms. The van der Waals surface area contributed by atoms with Crippen molar-refractivity contribution in [2.45, 2.75) is 24.9 Å². The molecule has 7 nitrogen and oxygen atoms in total. The number of amides is 2. The smallest absolute Gasteiger partial charge is 0.261 e. The second kappa shape index (κ2) is 9.61. The summed E-state index contributed by atoms with van der Waals surface area (Å²) in [5.74, 6) is 1.16.